The van der Waals surface area contributed by atoms with Crippen LogP contribution in [0.25, 0.3) is 0 Å². The third kappa shape index (κ3) is 7.72. The Morgan fingerprint density at radius 3 is 2.84 bits per heavy atom. The highest BCUT2D eigenvalue weighted by atomic mass is 35.5. The quantitative estimate of drug-likeness (QED) is 0.717. The highest BCUT2D eigenvalue weighted by Crippen LogP contribution is 2.14. The molecule has 2 unspecified atom stereocenters. The minimum atomic E-state index is -0.00182. The maximum Gasteiger partial charge on any atom is 0.237 e. The van der Waals surface area contributed by atoms with Crippen LogP contribution in [0.3, 0.4) is 0 Å². The van der Waals surface area contributed by atoms with Crippen molar-refractivity contribution in [1.82, 2.24) is 15.5 Å². The molecule has 0 saturated carbocycles. The average Bonchev–Trinajstić information content (AvgIpc) is 2.36. The van der Waals surface area contributed by atoms with E-state index in [0.717, 1.165) is 32.7 Å². The van der Waals surface area contributed by atoms with Crippen LogP contribution in [0.2, 0.25) is 0 Å². The second-order valence-electron chi connectivity index (χ2n) is 5.22. The van der Waals surface area contributed by atoms with Crippen LogP contribution in [-0.2, 0) is 9.53 Å². The molecule has 0 spiro atoms. The summed E-state index contributed by atoms with van der Waals surface area (Å²) in [6.07, 6.45) is 2.12. The number of hydrogen-bond acceptors (Lipinski definition) is 4. The van der Waals surface area contributed by atoms with Crippen molar-refractivity contribution in [2.24, 2.45) is 5.92 Å². The molecule has 5 nitrogen and oxygen atoms in total. The number of methoxy groups -OCH3 is 1. The molecule has 1 fully saturated rings. The van der Waals surface area contributed by atoms with Gasteiger partial charge in [0.15, 0.2) is 0 Å². The number of hydrogen-bond donors (Lipinski definition) is 2. The number of carbonyl (C=O) groups excluding carboxylic acids is 1. The molecule has 2 N–H and O–H groups in total. The van der Waals surface area contributed by atoms with Crippen molar-refractivity contribution in [2.75, 3.05) is 46.9 Å². The molecule has 0 bridgehead atoms. The molecule has 1 aliphatic heterocycles. The number of rotatable bonds is 7. The Balaban J connectivity index is 0.00000324. The Kier molecular flexibility index (Phi) is 10.2. The zero-order valence-corrected chi connectivity index (χ0v) is 13.1. The summed E-state index contributed by atoms with van der Waals surface area (Å²) in [5.74, 6) is 0.785. The number of nitrogens with one attached hydrogen (secondary N) is 2. The number of nitrogens with zero attached hydrogens (tertiary/aromatic N) is 1. The van der Waals surface area contributed by atoms with Crippen LogP contribution < -0.4 is 10.6 Å². The van der Waals surface area contributed by atoms with Gasteiger partial charge in [0.2, 0.25) is 5.91 Å². The maximum atomic E-state index is 11.9. The predicted octanol–water partition coefficient (Wildman–Crippen LogP) is 0.491. The second-order valence-corrected chi connectivity index (χ2v) is 5.22. The highest BCUT2D eigenvalue weighted by Gasteiger charge is 2.23. The summed E-state index contributed by atoms with van der Waals surface area (Å²) in [4.78, 5) is 14.1. The van der Waals surface area contributed by atoms with Crippen molar-refractivity contribution in [2.45, 2.75) is 25.8 Å². The van der Waals surface area contributed by atoms with Gasteiger partial charge in [-0.25, -0.2) is 0 Å². The molecular formula is C13H28ClN3O2. The van der Waals surface area contributed by atoms with Crippen LogP contribution in [0.5, 0.6) is 0 Å². The fourth-order valence-corrected chi connectivity index (χ4v) is 2.16. The molecule has 19 heavy (non-hydrogen) atoms. The zero-order valence-electron chi connectivity index (χ0n) is 12.3. The zero-order chi connectivity index (χ0) is 13.4. The summed E-state index contributed by atoms with van der Waals surface area (Å²) >= 11 is 0. The number of likely N-dealkylation sites (N-methyl/N-ethyl adjacent to an activating group) is 1. The minimum absolute atomic E-state index is 0. The molecular weight excluding hydrogens is 266 g/mol. The Bertz CT molecular complexity index is 254. The fraction of sp³-hybridized carbons (Fsp3) is 0.923. The van der Waals surface area contributed by atoms with Crippen molar-refractivity contribution < 1.29 is 9.53 Å². The van der Waals surface area contributed by atoms with Gasteiger partial charge >= 0.3 is 0 Å². The molecule has 0 aromatic heterocycles. The Labute approximate surface area is 122 Å². The van der Waals surface area contributed by atoms with Gasteiger partial charge in [0, 0.05) is 26.7 Å². The molecule has 1 aliphatic rings. The fourth-order valence-electron chi connectivity index (χ4n) is 2.16. The Hall–Kier alpha value is -0.360. The molecule has 114 valence electrons. The van der Waals surface area contributed by atoms with Crippen LogP contribution in [-0.4, -0.2) is 63.8 Å². The van der Waals surface area contributed by atoms with E-state index < -0.39 is 0 Å². The molecule has 0 aromatic rings. The maximum absolute atomic E-state index is 11.9. The van der Waals surface area contributed by atoms with E-state index in [1.807, 2.05) is 7.05 Å². The van der Waals surface area contributed by atoms with E-state index in [9.17, 15) is 4.79 Å². The lowest BCUT2D eigenvalue weighted by Gasteiger charge is -2.27. The average molecular weight is 294 g/mol. The molecule has 1 saturated heterocycles. The van der Waals surface area contributed by atoms with Gasteiger partial charge in [-0.1, -0.05) is 6.92 Å². The van der Waals surface area contributed by atoms with Crippen LogP contribution in [0.15, 0.2) is 0 Å². The van der Waals surface area contributed by atoms with E-state index in [1.54, 1.807) is 7.11 Å². The van der Waals surface area contributed by atoms with Crippen molar-refractivity contribution in [1.29, 1.82) is 0 Å². The smallest absolute Gasteiger partial charge is 0.237 e. The first-order chi connectivity index (χ1) is 8.63. The molecule has 2 atom stereocenters. The summed E-state index contributed by atoms with van der Waals surface area (Å²) in [6.45, 7) is 6.34. The van der Waals surface area contributed by atoms with E-state index in [1.165, 1.54) is 6.42 Å². The first-order valence-electron chi connectivity index (χ1n) is 6.82. The Morgan fingerprint density at radius 1 is 1.47 bits per heavy atom. The van der Waals surface area contributed by atoms with Crippen molar-refractivity contribution in [3.05, 3.63) is 0 Å². The van der Waals surface area contributed by atoms with Gasteiger partial charge in [-0.15, -0.1) is 12.4 Å². The third-order valence-electron chi connectivity index (χ3n) is 3.45. The van der Waals surface area contributed by atoms with Gasteiger partial charge in [0.1, 0.15) is 0 Å². The van der Waals surface area contributed by atoms with Gasteiger partial charge in [0.25, 0.3) is 0 Å². The van der Waals surface area contributed by atoms with E-state index >= 15 is 0 Å². The van der Waals surface area contributed by atoms with Crippen molar-refractivity contribution in [3.8, 4) is 0 Å². The molecule has 1 heterocycles. The van der Waals surface area contributed by atoms with E-state index in [4.69, 9.17) is 4.74 Å². The first-order valence-corrected chi connectivity index (χ1v) is 6.82. The number of halogens is 1. The number of carbonyl (C=O) groups is 1. The number of ether oxygens (including phenoxy) is 1. The van der Waals surface area contributed by atoms with Crippen LogP contribution in [0, 0.1) is 5.92 Å². The normalized spacial score (nSPS) is 22.9. The minimum Gasteiger partial charge on any atom is -0.383 e. The monoisotopic (exact) mass is 293 g/mol. The largest absolute Gasteiger partial charge is 0.383 e. The summed E-state index contributed by atoms with van der Waals surface area (Å²) < 4.78 is 5.01. The van der Waals surface area contributed by atoms with E-state index in [-0.39, 0.29) is 24.4 Å². The topological polar surface area (TPSA) is 53.6 Å². The first kappa shape index (κ1) is 18.6. The number of amides is 1. The van der Waals surface area contributed by atoms with Gasteiger partial charge in [0.05, 0.1) is 12.6 Å². The summed E-state index contributed by atoms with van der Waals surface area (Å²) in [5.41, 5.74) is 0. The summed E-state index contributed by atoms with van der Waals surface area (Å²) in [7, 11) is 3.73. The summed E-state index contributed by atoms with van der Waals surface area (Å²) in [6, 6.07) is -0.00182. The molecule has 0 aromatic carbocycles. The molecule has 6 heteroatoms. The van der Waals surface area contributed by atoms with E-state index in [0.29, 0.717) is 12.5 Å². The van der Waals surface area contributed by atoms with Crippen molar-refractivity contribution >= 4 is 18.3 Å². The predicted molar refractivity (Wildman–Crippen MR) is 79.8 cm³/mol. The molecule has 1 rings (SSSR count). The van der Waals surface area contributed by atoms with Crippen molar-refractivity contribution in [3.63, 3.8) is 0 Å². The molecule has 1 amide bonds. The lowest BCUT2D eigenvalue weighted by Crippen LogP contribution is -2.49. The second kappa shape index (κ2) is 10.4. The molecule has 0 aliphatic carbocycles. The molecule has 0 radical (unpaired) electrons. The van der Waals surface area contributed by atoms with Crippen LogP contribution in [0.4, 0.5) is 0 Å². The van der Waals surface area contributed by atoms with Gasteiger partial charge in [-0.2, -0.15) is 0 Å². The van der Waals surface area contributed by atoms with Gasteiger partial charge < -0.3 is 20.3 Å². The van der Waals surface area contributed by atoms with Gasteiger partial charge in [-0.3, -0.25) is 4.79 Å². The SMILES string of the molecule is COCCN(C)CCNC(=O)C1CC(C)CCN1.Cl. The standard InChI is InChI=1S/C13H27N3O2.ClH/c1-11-4-5-14-12(10-11)13(17)15-6-7-16(2)8-9-18-3;/h11-12,14H,4-10H2,1-3H3,(H,15,17);1H. The van der Waals surface area contributed by atoms with Gasteiger partial charge in [-0.05, 0) is 32.4 Å². The lowest BCUT2D eigenvalue weighted by atomic mass is 9.94. The highest BCUT2D eigenvalue weighted by molar-refractivity contribution is 5.85. The summed E-state index contributed by atoms with van der Waals surface area (Å²) in [5, 5.41) is 6.27. The number of piperidine rings is 1. The third-order valence-corrected chi connectivity index (χ3v) is 3.45. The van der Waals surface area contributed by atoms with Crippen LogP contribution in [0.1, 0.15) is 19.8 Å². The lowest BCUT2D eigenvalue weighted by molar-refractivity contribution is -0.124. The van der Waals surface area contributed by atoms with Crippen LogP contribution >= 0.6 is 12.4 Å². The van der Waals surface area contributed by atoms with E-state index in [2.05, 4.69) is 22.5 Å². The Morgan fingerprint density at radius 2 is 2.21 bits per heavy atom.